The number of hydrogen-bond donors (Lipinski definition) is 1. The van der Waals surface area contributed by atoms with Crippen molar-refractivity contribution in [2.45, 2.75) is 45.4 Å². The standard InChI is InChI=1S/C27H24N6O2/c1-14-19-10-9-18-22(26-30-15(2)35-33-26)31-25(17-11-12-29-20-8-6-5-7-16(17)20)32-24(18)27(19,3)13-21(28-4)23(14)34/h5-8,11-12,14,19,34H,9-10,13H2,1-3H3/t14-,19-,27-/m1/s1. The molecular formula is C27H24N6O2. The summed E-state index contributed by atoms with van der Waals surface area (Å²) in [4.78, 5) is 22.8. The van der Waals surface area contributed by atoms with Crippen molar-refractivity contribution in [1.82, 2.24) is 25.1 Å². The molecule has 0 bridgehead atoms. The molecule has 4 aromatic rings. The largest absolute Gasteiger partial charge is 0.523 e. The van der Waals surface area contributed by atoms with Crippen LogP contribution in [0.15, 0.2) is 52.5 Å². The third kappa shape index (κ3) is 3.15. The Morgan fingerprint density at radius 2 is 1.97 bits per heavy atom. The average molecular weight is 465 g/mol. The van der Waals surface area contributed by atoms with Crippen molar-refractivity contribution in [3.05, 3.63) is 76.6 Å². The second-order valence-corrected chi connectivity index (χ2v) is 9.71. The fraction of sp³-hybridized carbons (Fsp3) is 0.333. The molecule has 174 valence electrons. The monoisotopic (exact) mass is 464 g/mol. The lowest BCUT2D eigenvalue weighted by molar-refractivity contribution is 0.135. The van der Waals surface area contributed by atoms with E-state index in [0.29, 0.717) is 35.4 Å². The molecule has 3 aromatic heterocycles. The van der Waals surface area contributed by atoms with Crippen LogP contribution in [0.2, 0.25) is 0 Å². The summed E-state index contributed by atoms with van der Waals surface area (Å²) in [7, 11) is 0. The summed E-state index contributed by atoms with van der Waals surface area (Å²) >= 11 is 0. The molecule has 0 aliphatic heterocycles. The van der Waals surface area contributed by atoms with E-state index in [1.807, 2.05) is 37.3 Å². The third-order valence-electron chi connectivity index (χ3n) is 7.70. The number of para-hydroxylation sites is 1. The normalized spacial score (nSPS) is 23.6. The molecule has 2 aliphatic carbocycles. The molecule has 3 heterocycles. The summed E-state index contributed by atoms with van der Waals surface area (Å²) in [6.07, 6.45) is 3.79. The molecule has 3 atom stereocenters. The van der Waals surface area contributed by atoms with Gasteiger partial charge in [-0.2, -0.15) is 4.98 Å². The van der Waals surface area contributed by atoms with Gasteiger partial charge in [0.1, 0.15) is 5.69 Å². The highest BCUT2D eigenvalue weighted by atomic mass is 16.5. The van der Waals surface area contributed by atoms with E-state index < -0.39 is 5.41 Å². The minimum Gasteiger partial charge on any atom is -0.523 e. The zero-order valence-corrected chi connectivity index (χ0v) is 19.8. The van der Waals surface area contributed by atoms with E-state index in [1.54, 1.807) is 13.1 Å². The van der Waals surface area contributed by atoms with Crippen molar-refractivity contribution < 1.29 is 9.63 Å². The number of fused-ring (bicyclic) bond motifs is 4. The number of allylic oxidation sites excluding steroid dienone is 2. The number of aromatic nitrogens is 5. The first-order valence-electron chi connectivity index (χ1n) is 11.8. The average Bonchev–Trinajstić information content (AvgIpc) is 3.31. The van der Waals surface area contributed by atoms with Crippen LogP contribution in [-0.4, -0.2) is 30.2 Å². The summed E-state index contributed by atoms with van der Waals surface area (Å²) < 4.78 is 5.31. The van der Waals surface area contributed by atoms with Crippen LogP contribution in [0.3, 0.4) is 0 Å². The highest BCUT2D eigenvalue weighted by Gasteiger charge is 2.50. The topological polar surface area (TPSA) is 102 Å². The van der Waals surface area contributed by atoms with E-state index in [-0.39, 0.29) is 17.6 Å². The molecule has 0 amide bonds. The molecule has 0 radical (unpaired) electrons. The van der Waals surface area contributed by atoms with Gasteiger partial charge < -0.3 is 9.63 Å². The molecule has 0 unspecified atom stereocenters. The van der Waals surface area contributed by atoms with E-state index in [9.17, 15) is 5.11 Å². The van der Waals surface area contributed by atoms with Gasteiger partial charge >= 0.3 is 0 Å². The van der Waals surface area contributed by atoms with Crippen LogP contribution in [0, 0.1) is 25.3 Å². The van der Waals surface area contributed by atoms with Gasteiger partial charge in [-0.25, -0.2) is 14.8 Å². The van der Waals surface area contributed by atoms with E-state index >= 15 is 0 Å². The number of aliphatic hydroxyl groups is 1. The zero-order chi connectivity index (χ0) is 24.3. The van der Waals surface area contributed by atoms with Gasteiger partial charge in [-0.1, -0.05) is 37.2 Å². The van der Waals surface area contributed by atoms with Gasteiger partial charge in [0.05, 0.1) is 23.5 Å². The molecule has 0 saturated carbocycles. The van der Waals surface area contributed by atoms with E-state index in [2.05, 4.69) is 26.9 Å². The van der Waals surface area contributed by atoms with Gasteiger partial charge in [-0.05, 0) is 37.3 Å². The molecule has 8 nitrogen and oxygen atoms in total. The lowest BCUT2D eigenvalue weighted by Crippen LogP contribution is -2.45. The minimum atomic E-state index is -0.437. The molecule has 0 fully saturated rings. The maximum atomic E-state index is 10.7. The first kappa shape index (κ1) is 21.4. The summed E-state index contributed by atoms with van der Waals surface area (Å²) in [5.74, 6) is 1.72. The van der Waals surface area contributed by atoms with Crippen LogP contribution >= 0.6 is 0 Å². The van der Waals surface area contributed by atoms with Gasteiger partial charge in [0, 0.05) is 41.0 Å². The molecule has 2 aliphatic rings. The van der Waals surface area contributed by atoms with E-state index in [1.165, 1.54) is 0 Å². The van der Waals surface area contributed by atoms with E-state index in [4.69, 9.17) is 21.1 Å². The Balaban J connectivity index is 1.65. The van der Waals surface area contributed by atoms with Crippen LogP contribution < -0.4 is 0 Å². The third-order valence-corrected chi connectivity index (χ3v) is 7.70. The smallest absolute Gasteiger partial charge is 0.223 e. The molecule has 0 saturated heterocycles. The molecule has 1 aromatic carbocycles. The Labute approximate surface area is 202 Å². The Bertz CT molecular complexity index is 1560. The van der Waals surface area contributed by atoms with Crippen LogP contribution in [0.5, 0.6) is 0 Å². The fourth-order valence-corrected chi connectivity index (χ4v) is 5.98. The Morgan fingerprint density at radius 3 is 2.74 bits per heavy atom. The maximum absolute atomic E-state index is 10.7. The van der Waals surface area contributed by atoms with Crippen molar-refractivity contribution in [3.63, 3.8) is 0 Å². The lowest BCUT2D eigenvalue weighted by atomic mass is 9.57. The molecule has 0 spiro atoms. The van der Waals surface area contributed by atoms with Crippen LogP contribution in [0.4, 0.5) is 0 Å². The maximum Gasteiger partial charge on any atom is 0.223 e. The van der Waals surface area contributed by atoms with Gasteiger partial charge in [0.15, 0.2) is 5.82 Å². The summed E-state index contributed by atoms with van der Waals surface area (Å²) in [5.41, 5.74) is 4.27. The number of aryl methyl sites for hydroxylation is 1. The van der Waals surface area contributed by atoms with Crippen molar-refractivity contribution in [2.75, 3.05) is 0 Å². The van der Waals surface area contributed by atoms with Crippen LogP contribution in [0.25, 0.3) is 38.7 Å². The second-order valence-electron chi connectivity index (χ2n) is 9.71. The summed E-state index contributed by atoms with van der Waals surface area (Å²) in [6, 6.07) is 9.85. The number of benzene rings is 1. The summed E-state index contributed by atoms with van der Waals surface area (Å²) in [5, 5.41) is 15.9. The summed E-state index contributed by atoms with van der Waals surface area (Å²) in [6.45, 7) is 13.6. The SMILES string of the molecule is [C-]#[N+]C1=C(O)[C@H](C)[C@H]2CCc3c(-c4noc(C)n4)nc(-c4ccnc5ccccc45)nc3[C@]2(C)C1. The first-order valence-corrected chi connectivity index (χ1v) is 11.8. The number of hydrogen-bond acceptors (Lipinski definition) is 7. The van der Waals surface area contributed by atoms with Crippen molar-refractivity contribution in [3.8, 4) is 22.9 Å². The molecule has 1 N–H and O–H groups in total. The zero-order valence-electron chi connectivity index (χ0n) is 19.8. The highest BCUT2D eigenvalue weighted by Crippen LogP contribution is 2.54. The van der Waals surface area contributed by atoms with Crippen molar-refractivity contribution in [2.24, 2.45) is 11.8 Å². The highest BCUT2D eigenvalue weighted by molar-refractivity contribution is 5.92. The lowest BCUT2D eigenvalue weighted by Gasteiger charge is -2.48. The molecule has 6 rings (SSSR count). The predicted octanol–water partition coefficient (Wildman–Crippen LogP) is 5.60. The predicted molar refractivity (Wildman–Crippen MR) is 130 cm³/mol. The van der Waals surface area contributed by atoms with Gasteiger partial charge in [0.25, 0.3) is 0 Å². The molecular weight excluding hydrogens is 440 g/mol. The quantitative estimate of drug-likeness (QED) is 0.385. The first-order chi connectivity index (χ1) is 16.9. The van der Waals surface area contributed by atoms with Crippen LogP contribution in [-0.2, 0) is 11.8 Å². The van der Waals surface area contributed by atoms with E-state index in [0.717, 1.165) is 40.6 Å². The number of pyridine rings is 1. The fourth-order valence-electron chi connectivity index (χ4n) is 5.98. The Kier molecular flexibility index (Phi) is 4.71. The Morgan fingerprint density at radius 1 is 1.14 bits per heavy atom. The van der Waals surface area contributed by atoms with Gasteiger partial charge in [0.2, 0.25) is 17.4 Å². The molecule has 35 heavy (non-hydrogen) atoms. The second kappa shape index (κ2) is 7.70. The minimum absolute atomic E-state index is 0.123. The van der Waals surface area contributed by atoms with Crippen LogP contribution in [0.1, 0.15) is 43.8 Å². The number of rotatable bonds is 2. The van der Waals surface area contributed by atoms with Gasteiger partial charge in [-0.3, -0.25) is 4.98 Å². The van der Waals surface area contributed by atoms with Crippen molar-refractivity contribution >= 4 is 10.9 Å². The molecule has 8 heteroatoms. The van der Waals surface area contributed by atoms with Gasteiger partial charge in [-0.15, -0.1) is 0 Å². The Hall–Kier alpha value is -4.12. The number of aliphatic hydroxyl groups excluding tert-OH is 1. The van der Waals surface area contributed by atoms with Crippen molar-refractivity contribution in [1.29, 1.82) is 0 Å². The number of nitrogens with zero attached hydrogens (tertiary/aromatic N) is 6.